The number of likely N-dealkylation sites (tertiary alicyclic amines) is 2. The number of amides is 1. The lowest BCUT2D eigenvalue weighted by Gasteiger charge is -2.34. The van der Waals surface area contributed by atoms with Crippen molar-refractivity contribution in [3.05, 3.63) is 0 Å². The van der Waals surface area contributed by atoms with Gasteiger partial charge in [-0.15, -0.1) is 0 Å². The third-order valence-corrected chi connectivity index (χ3v) is 4.69. The van der Waals surface area contributed by atoms with Crippen molar-refractivity contribution >= 4 is 5.91 Å². The van der Waals surface area contributed by atoms with Crippen LogP contribution in [0.5, 0.6) is 0 Å². The van der Waals surface area contributed by atoms with E-state index >= 15 is 0 Å². The average molecular weight is 297 g/mol. The minimum atomic E-state index is 0.339. The lowest BCUT2D eigenvalue weighted by atomic mass is 9.97. The van der Waals surface area contributed by atoms with E-state index in [-0.39, 0.29) is 0 Å². The smallest absolute Gasteiger partial charge is 0.236 e. The predicted molar refractivity (Wildman–Crippen MR) is 84.3 cm³/mol. The van der Waals surface area contributed by atoms with Gasteiger partial charge in [0.05, 0.1) is 13.2 Å². The van der Waals surface area contributed by atoms with Crippen LogP contribution in [0.2, 0.25) is 0 Å². The van der Waals surface area contributed by atoms with Crippen LogP contribution in [-0.4, -0.2) is 75.2 Å². The Morgan fingerprint density at radius 3 is 2.52 bits per heavy atom. The molecule has 21 heavy (non-hydrogen) atoms. The molecule has 2 heterocycles. The molecule has 0 atom stereocenters. The van der Waals surface area contributed by atoms with Crippen molar-refractivity contribution in [1.82, 2.24) is 15.1 Å². The molecule has 0 unspecified atom stereocenters. The highest BCUT2D eigenvalue weighted by atomic mass is 16.5. The fraction of sp³-hybridized carbons (Fsp3) is 0.938. The first-order valence-electron chi connectivity index (χ1n) is 8.49. The van der Waals surface area contributed by atoms with Gasteiger partial charge in [-0.2, -0.15) is 0 Å². The molecule has 0 aliphatic carbocycles. The van der Waals surface area contributed by atoms with Gasteiger partial charge in [-0.25, -0.2) is 0 Å². The highest BCUT2D eigenvalue weighted by Crippen LogP contribution is 2.17. The van der Waals surface area contributed by atoms with Crippen molar-refractivity contribution in [1.29, 1.82) is 0 Å². The van der Waals surface area contributed by atoms with E-state index in [1.807, 2.05) is 0 Å². The van der Waals surface area contributed by atoms with E-state index in [1.165, 1.54) is 32.1 Å². The zero-order valence-corrected chi connectivity index (χ0v) is 13.5. The van der Waals surface area contributed by atoms with Gasteiger partial charge in [-0.05, 0) is 57.7 Å². The number of methoxy groups -OCH3 is 1. The van der Waals surface area contributed by atoms with Crippen LogP contribution in [0, 0.1) is 5.92 Å². The molecular weight excluding hydrogens is 266 g/mol. The summed E-state index contributed by atoms with van der Waals surface area (Å²) in [6.07, 6.45) is 6.05. The molecule has 0 aromatic heterocycles. The van der Waals surface area contributed by atoms with Gasteiger partial charge in [0.2, 0.25) is 5.91 Å². The van der Waals surface area contributed by atoms with Gasteiger partial charge in [0, 0.05) is 26.7 Å². The minimum absolute atomic E-state index is 0.339. The maximum Gasteiger partial charge on any atom is 0.236 e. The van der Waals surface area contributed by atoms with Crippen LogP contribution in [0.25, 0.3) is 0 Å². The summed E-state index contributed by atoms with van der Waals surface area (Å²) in [7, 11) is 1.74. The van der Waals surface area contributed by atoms with Gasteiger partial charge in [-0.1, -0.05) is 0 Å². The molecular formula is C16H31N3O2. The molecule has 5 nitrogen and oxygen atoms in total. The molecule has 2 aliphatic heterocycles. The Bertz CT molecular complexity index is 298. The second-order valence-corrected chi connectivity index (χ2v) is 6.36. The summed E-state index contributed by atoms with van der Waals surface area (Å²) >= 11 is 0. The molecule has 0 bridgehead atoms. The van der Waals surface area contributed by atoms with Crippen LogP contribution >= 0.6 is 0 Å². The summed E-state index contributed by atoms with van der Waals surface area (Å²) in [6, 6.07) is 0. The molecule has 1 amide bonds. The molecule has 0 spiro atoms. The third kappa shape index (κ3) is 5.93. The summed E-state index contributed by atoms with van der Waals surface area (Å²) in [5, 5.41) is 3.44. The lowest BCUT2D eigenvalue weighted by molar-refractivity contribution is -0.133. The molecule has 2 aliphatic rings. The summed E-state index contributed by atoms with van der Waals surface area (Å²) in [4.78, 5) is 16.6. The van der Waals surface area contributed by atoms with E-state index < -0.39 is 0 Å². The van der Waals surface area contributed by atoms with Crippen LogP contribution < -0.4 is 5.32 Å². The van der Waals surface area contributed by atoms with E-state index in [2.05, 4.69) is 15.1 Å². The molecule has 5 heteroatoms. The van der Waals surface area contributed by atoms with E-state index in [4.69, 9.17) is 4.74 Å². The zero-order chi connectivity index (χ0) is 14.9. The first kappa shape index (κ1) is 16.7. The Kier molecular flexibility index (Phi) is 7.47. The average Bonchev–Trinajstić information content (AvgIpc) is 2.54. The summed E-state index contributed by atoms with van der Waals surface area (Å²) in [5.74, 6) is 1.09. The Morgan fingerprint density at radius 1 is 1.14 bits per heavy atom. The molecule has 0 aromatic carbocycles. The number of carbonyl (C=O) groups is 1. The summed E-state index contributed by atoms with van der Waals surface area (Å²) < 4.78 is 5.04. The van der Waals surface area contributed by atoms with Crippen LogP contribution in [-0.2, 0) is 9.53 Å². The van der Waals surface area contributed by atoms with Crippen molar-refractivity contribution in [3.8, 4) is 0 Å². The fourth-order valence-corrected chi connectivity index (χ4v) is 3.26. The maximum atomic E-state index is 12.2. The summed E-state index contributed by atoms with van der Waals surface area (Å²) in [6.45, 7) is 7.50. The zero-order valence-electron chi connectivity index (χ0n) is 13.5. The SMILES string of the molecule is COCCNCC1CCN(CC(=O)N2CCCCC2)CC1. The van der Waals surface area contributed by atoms with E-state index in [1.54, 1.807) is 7.11 Å². The second kappa shape index (κ2) is 9.38. The fourth-order valence-electron chi connectivity index (χ4n) is 3.26. The van der Waals surface area contributed by atoms with Gasteiger partial charge >= 0.3 is 0 Å². The monoisotopic (exact) mass is 297 g/mol. The molecule has 0 radical (unpaired) electrons. The largest absolute Gasteiger partial charge is 0.383 e. The van der Waals surface area contributed by atoms with Crippen LogP contribution in [0.3, 0.4) is 0 Å². The van der Waals surface area contributed by atoms with Gasteiger partial charge in [0.25, 0.3) is 0 Å². The Morgan fingerprint density at radius 2 is 1.86 bits per heavy atom. The molecule has 2 saturated heterocycles. The number of rotatable bonds is 7. The van der Waals surface area contributed by atoms with E-state index in [0.717, 1.165) is 51.8 Å². The van der Waals surface area contributed by atoms with Crippen LogP contribution in [0.1, 0.15) is 32.1 Å². The first-order chi connectivity index (χ1) is 10.3. The number of nitrogens with one attached hydrogen (secondary N) is 1. The first-order valence-corrected chi connectivity index (χ1v) is 8.49. The second-order valence-electron chi connectivity index (χ2n) is 6.36. The number of ether oxygens (including phenoxy) is 1. The molecule has 0 saturated carbocycles. The van der Waals surface area contributed by atoms with Crippen molar-refractivity contribution in [2.45, 2.75) is 32.1 Å². The Hall–Kier alpha value is -0.650. The minimum Gasteiger partial charge on any atom is -0.383 e. The molecule has 122 valence electrons. The van der Waals surface area contributed by atoms with Crippen molar-refractivity contribution in [2.24, 2.45) is 5.92 Å². The van der Waals surface area contributed by atoms with Crippen molar-refractivity contribution < 1.29 is 9.53 Å². The number of nitrogens with zero attached hydrogens (tertiary/aromatic N) is 2. The summed E-state index contributed by atoms with van der Waals surface area (Å²) in [5.41, 5.74) is 0. The normalized spacial score (nSPS) is 21.7. The van der Waals surface area contributed by atoms with Gasteiger partial charge in [0.1, 0.15) is 0 Å². The maximum absolute atomic E-state index is 12.2. The molecule has 0 aromatic rings. The topological polar surface area (TPSA) is 44.8 Å². The van der Waals surface area contributed by atoms with Gasteiger partial charge in [-0.3, -0.25) is 9.69 Å². The van der Waals surface area contributed by atoms with Crippen molar-refractivity contribution in [3.63, 3.8) is 0 Å². The highest BCUT2D eigenvalue weighted by Gasteiger charge is 2.23. The van der Waals surface area contributed by atoms with Crippen molar-refractivity contribution in [2.75, 3.05) is 59.5 Å². The number of piperidine rings is 2. The number of carbonyl (C=O) groups excluding carboxylic acids is 1. The molecule has 2 fully saturated rings. The standard InChI is InChI=1S/C16H31N3O2/c1-21-12-7-17-13-15-5-10-18(11-6-15)14-16(20)19-8-3-2-4-9-19/h15,17H,2-14H2,1H3. The molecule has 1 N–H and O–H groups in total. The molecule has 2 rings (SSSR count). The third-order valence-electron chi connectivity index (χ3n) is 4.69. The lowest BCUT2D eigenvalue weighted by Crippen LogP contribution is -2.45. The Balaban J connectivity index is 1.59. The predicted octanol–water partition coefficient (Wildman–Crippen LogP) is 0.947. The van der Waals surface area contributed by atoms with Gasteiger partial charge in [0.15, 0.2) is 0 Å². The Labute approximate surface area is 129 Å². The quantitative estimate of drug-likeness (QED) is 0.711. The van der Waals surface area contributed by atoms with Crippen LogP contribution in [0.15, 0.2) is 0 Å². The van der Waals surface area contributed by atoms with Crippen LogP contribution in [0.4, 0.5) is 0 Å². The van der Waals surface area contributed by atoms with E-state index in [0.29, 0.717) is 12.5 Å². The van der Waals surface area contributed by atoms with Gasteiger partial charge < -0.3 is 15.0 Å². The number of hydrogen-bond acceptors (Lipinski definition) is 4. The number of hydrogen-bond donors (Lipinski definition) is 1. The highest BCUT2D eigenvalue weighted by molar-refractivity contribution is 5.78. The van der Waals surface area contributed by atoms with E-state index in [9.17, 15) is 4.79 Å².